The van der Waals surface area contributed by atoms with Crippen molar-refractivity contribution >= 4 is 29.1 Å². The first-order valence-electron chi connectivity index (χ1n) is 3.97. The summed E-state index contributed by atoms with van der Waals surface area (Å²) in [5.41, 5.74) is 1.18. The molecule has 1 N–H and O–H groups in total. The van der Waals surface area contributed by atoms with Gasteiger partial charge in [-0.05, 0) is 18.4 Å². The van der Waals surface area contributed by atoms with Crippen LogP contribution in [0.2, 0.25) is 0 Å². The van der Waals surface area contributed by atoms with Crippen molar-refractivity contribution in [1.29, 1.82) is 0 Å². The van der Waals surface area contributed by atoms with Crippen molar-refractivity contribution in [2.45, 2.75) is 0 Å². The molecule has 0 heterocycles. The standard InChI is InChI=1S/C10H11Cl2NO2/c1-3-9(5-8(12)6-11)15-7-10(14)13-4-2/h3-6H,1-2,7H2,(H,13,14)/b8-6-,9-5+. The van der Waals surface area contributed by atoms with Gasteiger partial charge in [0.1, 0.15) is 5.76 Å². The molecule has 0 bridgehead atoms. The topological polar surface area (TPSA) is 38.3 Å². The molecule has 0 aliphatic carbocycles. The van der Waals surface area contributed by atoms with Gasteiger partial charge in [-0.15, -0.1) is 0 Å². The van der Waals surface area contributed by atoms with Crippen molar-refractivity contribution < 1.29 is 9.53 Å². The fourth-order valence-electron chi connectivity index (χ4n) is 0.631. The summed E-state index contributed by atoms with van der Waals surface area (Å²) in [6.07, 6.45) is 4.14. The molecule has 15 heavy (non-hydrogen) atoms. The van der Waals surface area contributed by atoms with E-state index in [1.807, 2.05) is 0 Å². The van der Waals surface area contributed by atoms with E-state index in [-0.39, 0.29) is 17.5 Å². The third-order valence-corrected chi connectivity index (χ3v) is 1.78. The van der Waals surface area contributed by atoms with Gasteiger partial charge in [-0.1, -0.05) is 36.4 Å². The van der Waals surface area contributed by atoms with Crippen LogP contribution in [0.4, 0.5) is 0 Å². The minimum absolute atomic E-state index is 0.143. The maximum Gasteiger partial charge on any atom is 0.261 e. The van der Waals surface area contributed by atoms with E-state index in [0.717, 1.165) is 0 Å². The number of amides is 1. The van der Waals surface area contributed by atoms with E-state index in [4.69, 9.17) is 27.9 Å². The first-order chi connectivity index (χ1) is 7.13. The number of carbonyl (C=O) groups is 1. The first kappa shape index (κ1) is 13.8. The number of hydrogen-bond acceptors (Lipinski definition) is 2. The van der Waals surface area contributed by atoms with Crippen LogP contribution < -0.4 is 5.32 Å². The maximum absolute atomic E-state index is 11.0. The van der Waals surface area contributed by atoms with Crippen molar-refractivity contribution in [1.82, 2.24) is 5.32 Å². The van der Waals surface area contributed by atoms with E-state index in [1.54, 1.807) is 0 Å². The molecule has 0 aromatic carbocycles. The Hall–Kier alpha value is -1.19. The molecule has 5 heteroatoms. The third kappa shape index (κ3) is 6.82. The number of hydrogen-bond donors (Lipinski definition) is 1. The first-order valence-corrected chi connectivity index (χ1v) is 4.78. The third-order valence-electron chi connectivity index (χ3n) is 1.22. The Balaban J connectivity index is 4.23. The molecule has 1 amide bonds. The quantitative estimate of drug-likeness (QED) is 0.579. The van der Waals surface area contributed by atoms with Crippen LogP contribution in [0.25, 0.3) is 0 Å². The number of carbonyl (C=O) groups excluding carboxylic acids is 1. The van der Waals surface area contributed by atoms with Crippen LogP contribution in [0.15, 0.2) is 47.8 Å². The van der Waals surface area contributed by atoms with Gasteiger partial charge in [0.15, 0.2) is 6.61 Å². The van der Waals surface area contributed by atoms with E-state index < -0.39 is 0 Å². The lowest BCUT2D eigenvalue weighted by atomic mass is 10.4. The number of nitrogens with one attached hydrogen (secondary N) is 1. The molecular formula is C10H11Cl2NO2. The van der Waals surface area contributed by atoms with Gasteiger partial charge in [-0.25, -0.2) is 0 Å². The van der Waals surface area contributed by atoms with E-state index in [1.165, 1.54) is 23.9 Å². The van der Waals surface area contributed by atoms with E-state index in [2.05, 4.69) is 18.5 Å². The van der Waals surface area contributed by atoms with E-state index in [9.17, 15) is 4.79 Å². The summed E-state index contributed by atoms with van der Waals surface area (Å²) < 4.78 is 5.08. The Morgan fingerprint density at radius 2 is 2.13 bits per heavy atom. The molecule has 0 radical (unpaired) electrons. The van der Waals surface area contributed by atoms with Crippen LogP contribution in [-0.4, -0.2) is 12.5 Å². The molecule has 0 aromatic rings. The highest BCUT2D eigenvalue weighted by molar-refractivity contribution is 6.37. The summed E-state index contributed by atoms with van der Waals surface area (Å²) in [5.74, 6) is 0.0415. The highest BCUT2D eigenvalue weighted by atomic mass is 35.5. The Kier molecular flexibility index (Phi) is 7.50. The molecule has 0 saturated heterocycles. The Morgan fingerprint density at radius 3 is 2.60 bits per heavy atom. The average molecular weight is 248 g/mol. The molecule has 0 aliphatic heterocycles. The highest BCUT2D eigenvalue weighted by Crippen LogP contribution is 2.10. The Morgan fingerprint density at radius 1 is 1.47 bits per heavy atom. The Bertz CT molecular complexity index is 309. The van der Waals surface area contributed by atoms with Crippen molar-refractivity contribution in [3.8, 4) is 0 Å². The highest BCUT2D eigenvalue weighted by Gasteiger charge is 2.00. The monoisotopic (exact) mass is 247 g/mol. The maximum atomic E-state index is 11.0. The van der Waals surface area contributed by atoms with Crippen LogP contribution in [0.5, 0.6) is 0 Å². The van der Waals surface area contributed by atoms with Gasteiger partial charge in [0.25, 0.3) is 5.91 Å². The average Bonchev–Trinajstić information content (AvgIpc) is 2.24. The second-order valence-corrected chi connectivity index (χ2v) is 2.96. The second kappa shape index (κ2) is 8.15. The number of allylic oxidation sites excluding steroid dienone is 3. The number of rotatable bonds is 6. The fraction of sp³-hybridized carbons (Fsp3) is 0.100. The molecule has 0 unspecified atom stereocenters. The molecule has 0 rings (SSSR count). The number of ether oxygens (including phenoxy) is 1. The zero-order chi connectivity index (χ0) is 11.7. The van der Waals surface area contributed by atoms with Crippen LogP contribution in [0, 0.1) is 0 Å². The SMILES string of the molecule is C=CNC(=O)CO/C(C=C)=C/C(Cl)=C/Cl. The van der Waals surface area contributed by atoms with Crippen LogP contribution >= 0.6 is 23.2 Å². The zero-order valence-corrected chi connectivity index (χ0v) is 9.52. The van der Waals surface area contributed by atoms with Gasteiger partial charge >= 0.3 is 0 Å². The predicted molar refractivity (Wildman–Crippen MR) is 62.4 cm³/mol. The van der Waals surface area contributed by atoms with Crippen molar-refractivity contribution in [3.63, 3.8) is 0 Å². The van der Waals surface area contributed by atoms with Crippen LogP contribution in [-0.2, 0) is 9.53 Å². The Labute approximate surface area is 98.7 Å². The van der Waals surface area contributed by atoms with Crippen molar-refractivity contribution in [2.24, 2.45) is 0 Å². The molecule has 0 atom stereocenters. The molecule has 0 aromatic heterocycles. The van der Waals surface area contributed by atoms with Gasteiger partial charge in [-0.3, -0.25) is 4.79 Å². The van der Waals surface area contributed by atoms with Gasteiger partial charge < -0.3 is 10.1 Å². The predicted octanol–water partition coefficient (Wildman–Crippen LogP) is 2.65. The van der Waals surface area contributed by atoms with Gasteiger partial charge in [-0.2, -0.15) is 0 Å². The summed E-state index contributed by atoms with van der Waals surface area (Å²) in [5, 5.41) is 2.64. The summed E-state index contributed by atoms with van der Waals surface area (Å²) in [4.78, 5) is 11.0. The van der Waals surface area contributed by atoms with Gasteiger partial charge in [0.05, 0.1) is 5.03 Å². The lowest BCUT2D eigenvalue weighted by Crippen LogP contribution is -2.21. The zero-order valence-electron chi connectivity index (χ0n) is 8.00. The minimum atomic E-state index is -0.316. The van der Waals surface area contributed by atoms with E-state index in [0.29, 0.717) is 5.76 Å². The fourth-order valence-corrected chi connectivity index (χ4v) is 0.802. The molecule has 82 valence electrons. The van der Waals surface area contributed by atoms with Crippen LogP contribution in [0.3, 0.4) is 0 Å². The minimum Gasteiger partial charge on any atom is -0.484 e. The molecule has 3 nitrogen and oxygen atoms in total. The molecular weight excluding hydrogens is 237 g/mol. The molecule has 0 saturated carbocycles. The van der Waals surface area contributed by atoms with Crippen molar-refractivity contribution in [2.75, 3.05) is 6.61 Å². The lowest BCUT2D eigenvalue weighted by Gasteiger charge is -2.05. The lowest BCUT2D eigenvalue weighted by molar-refractivity contribution is -0.123. The van der Waals surface area contributed by atoms with E-state index >= 15 is 0 Å². The molecule has 0 fully saturated rings. The number of halogens is 2. The molecule has 0 spiro atoms. The molecule has 0 aliphatic rings. The van der Waals surface area contributed by atoms with Gasteiger partial charge in [0.2, 0.25) is 0 Å². The summed E-state index contributed by atoms with van der Waals surface area (Å²) in [7, 11) is 0. The summed E-state index contributed by atoms with van der Waals surface area (Å²) in [6, 6.07) is 0. The summed E-state index contributed by atoms with van der Waals surface area (Å²) in [6.45, 7) is 6.70. The second-order valence-electron chi connectivity index (χ2n) is 2.31. The normalized spacial score (nSPS) is 11.9. The van der Waals surface area contributed by atoms with Crippen LogP contribution in [0.1, 0.15) is 0 Å². The van der Waals surface area contributed by atoms with Gasteiger partial charge in [0, 0.05) is 5.54 Å². The largest absolute Gasteiger partial charge is 0.484 e. The smallest absolute Gasteiger partial charge is 0.261 e. The summed E-state index contributed by atoms with van der Waals surface area (Å²) >= 11 is 11.0. The van der Waals surface area contributed by atoms with Crippen molar-refractivity contribution in [3.05, 3.63) is 47.8 Å².